The Balaban J connectivity index is 1.72. The van der Waals surface area contributed by atoms with Crippen molar-refractivity contribution in [3.05, 3.63) is 29.8 Å². The molecule has 0 spiro atoms. The van der Waals surface area contributed by atoms with Crippen LogP contribution in [0, 0.1) is 17.2 Å². The Labute approximate surface area is 152 Å². The van der Waals surface area contributed by atoms with E-state index in [0.717, 1.165) is 12.8 Å². The molecule has 0 aliphatic heterocycles. The summed E-state index contributed by atoms with van der Waals surface area (Å²) in [6.45, 7) is 2.63. The number of esters is 1. The van der Waals surface area contributed by atoms with Crippen LogP contribution < -0.4 is 10.1 Å². The van der Waals surface area contributed by atoms with Crippen LogP contribution in [0.2, 0.25) is 0 Å². The van der Waals surface area contributed by atoms with Gasteiger partial charge in [-0.1, -0.05) is 6.92 Å². The molecule has 1 atom stereocenters. The van der Waals surface area contributed by atoms with Crippen LogP contribution in [0.1, 0.15) is 43.5 Å². The van der Waals surface area contributed by atoms with E-state index in [2.05, 4.69) is 11.4 Å². The number of nitriles is 1. The molecule has 1 fully saturated rings. The molecule has 0 unspecified atom stereocenters. The lowest BCUT2D eigenvalue weighted by atomic mass is 9.98. The topological polar surface area (TPSA) is 105 Å². The second-order valence-corrected chi connectivity index (χ2v) is 6.39. The van der Waals surface area contributed by atoms with Gasteiger partial charge in [0, 0.05) is 12.0 Å². The van der Waals surface area contributed by atoms with Crippen LogP contribution >= 0.6 is 0 Å². The molecule has 26 heavy (non-hydrogen) atoms. The van der Waals surface area contributed by atoms with Crippen molar-refractivity contribution in [2.75, 3.05) is 13.2 Å². The predicted octanol–water partition coefficient (Wildman–Crippen LogP) is 2.01. The molecule has 1 aliphatic rings. The number of carbonyl (C=O) groups excluding carboxylic acids is 3. The Hall–Kier alpha value is -2.88. The fourth-order valence-electron chi connectivity index (χ4n) is 2.48. The lowest BCUT2D eigenvalue weighted by Gasteiger charge is -2.22. The summed E-state index contributed by atoms with van der Waals surface area (Å²) in [6.07, 6.45) is 2.22. The van der Waals surface area contributed by atoms with Crippen molar-refractivity contribution in [3.8, 4) is 11.8 Å². The molecule has 2 rings (SSSR count). The lowest BCUT2D eigenvalue weighted by molar-refractivity contribution is -0.150. The largest absolute Gasteiger partial charge is 0.482 e. The molecule has 138 valence electrons. The molecule has 1 aliphatic carbocycles. The number of Topliss-reactive ketones (excluding diaryl/α,β-unsaturated/α-hetero) is 1. The molecule has 7 nitrogen and oxygen atoms in total. The molecular weight excluding hydrogens is 336 g/mol. The molecule has 1 aromatic carbocycles. The van der Waals surface area contributed by atoms with Gasteiger partial charge in [-0.15, -0.1) is 0 Å². The lowest BCUT2D eigenvalue weighted by Crippen LogP contribution is -2.48. The van der Waals surface area contributed by atoms with Gasteiger partial charge in [0.25, 0.3) is 5.91 Å². The first-order valence-electron chi connectivity index (χ1n) is 8.52. The molecule has 0 heterocycles. The van der Waals surface area contributed by atoms with E-state index in [1.165, 1.54) is 0 Å². The summed E-state index contributed by atoms with van der Waals surface area (Å²) in [6, 6.07) is 8.54. The van der Waals surface area contributed by atoms with Crippen molar-refractivity contribution in [2.24, 2.45) is 5.92 Å². The Bertz CT molecular complexity index is 718. The van der Waals surface area contributed by atoms with Crippen molar-refractivity contribution >= 4 is 17.7 Å². The minimum atomic E-state index is -0.919. The SMILES string of the molecule is CCC(=O)c1ccc(OCC(=O)OCC(=O)N[C@](C)(C#N)C2CC2)cc1. The average Bonchev–Trinajstić information content (AvgIpc) is 3.50. The van der Waals surface area contributed by atoms with Crippen LogP contribution in [0.4, 0.5) is 0 Å². The maximum Gasteiger partial charge on any atom is 0.344 e. The average molecular weight is 358 g/mol. The number of amides is 1. The zero-order chi connectivity index (χ0) is 19.2. The van der Waals surface area contributed by atoms with Crippen LogP contribution in [-0.2, 0) is 14.3 Å². The minimum absolute atomic E-state index is 0.0255. The number of hydrogen-bond donors (Lipinski definition) is 1. The van der Waals surface area contributed by atoms with Crippen LogP contribution in [0.15, 0.2) is 24.3 Å². The summed E-state index contributed by atoms with van der Waals surface area (Å²) in [5, 5.41) is 11.8. The van der Waals surface area contributed by atoms with Gasteiger partial charge >= 0.3 is 5.97 Å². The first-order valence-corrected chi connectivity index (χ1v) is 8.52. The summed E-state index contributed by atoms with van der Waals surface area (Å²) in [5.74, 6) is -0.615. The summed E-state index contributed by atoms with van der Waals surface area (Å²) >= 11 is 0. The minimum Gasteiger partial charge on any atom is -0.482 e. The van der Waals surface area contributed by atoms with Gasteiger partial charge in [-0.2, -0.15) is 5.26 Å². The van der Waals surface area contributed by atoms with Gasteiger partial charge in [0.1, 0.15) is 11.3 Å². The zero-order valence-electron chi connectivity index (χ0n) is 14.9. The van der Waals surface area contributed by atoms with Crippen molar-refractivity contribution in [1.29, 1.82) is 5.26 Å². The molecular formula is C19H22N2O5. The van der Waals surface area contributed by atoms with Gasteiger partial charge in [0.15, 0.2) is 19.0 Å². The molecule has 7 heteroatoms. The van der Waals surface area contributed by atoms with Crippen molar-refractivity contribution in [1.82, 2.24) is 5.32 Å². The third-order valence-corrected chi connectivity index (χ3v) is 4.24. The van der Waals surface area contributed by atoms with Gasteiger partial charge in [0.2, 0.25) is 0 Å². The van der Waals surface area contributed by atoms with Gasteiger partial charge < -0.3 is 14.8 Å². The van der Waals surface area contributed by atoms with E-state index >= 15 is 0 Å². The first-order chi connectivity index (χ1) is 12.4. The van der Waals surface area contributed by atoms with Crippen molar-refractivity contribution < 1.29 is 23.9 Å². The highest BCUT2D eigenvalue weighted by atomic mass is 16.6. The molecule has 0 bridgehead atoms. The monoisotopic (exact) mass is 358 g/mol. The van der Waals surface area contributed by atoms with Crippen LogP contribution in [-0.4, -0.2) is 36.4 Å². The smallest absolute Gasteiger partial charge is 0.344 e. The van der Waals surface area contributed by atoms with E-state index < -0.39 is 24.0 Å². The quantitative estimate of drug-likeness (QED) is 0.535. The summed E-state index contributed by atoms with van der Waals surface area (Å²) in [5.41, 5.74) is -0.340. The molecule has 1 aromatic rings. The van der Waals surface area contributed by atoms with E-state index in [0.29, 0.717) is 17.7 Å². The fraction of sp³-hybridized carbons (Fsp3) is 0.474. The van der Waals surface area contributed by atoms with E-state index in [4.69, 9.17) is 9.47 Å². The summed E-state index contributed by atoms with van der Waals surface area (Å²) in [7, 11) is 0. The van der Waals surface area contributed by atoms with E-state index in [-0.39, 0.29) is 18.3 Å². The van der Waals surface area contributed by atoms with Crippen molar-refractivity contribution in [3.63, 3.8) is 0 Å². The normalized spacial score (nSPS) is 15.3. The Morgan fingerprint density at radius 2 is 1.88 bits per heavy atom. The van der Waals surface area contributed by atoms with E-state index in [1.54, 1.807) is 38.1 Å². The highest BCUT2D eigenvalue weighted by Crippen LogP contribution is 2.39. The first kappa shape index (κ1) is 19.4. The Kier molecular flexibility index (Phi) is 6.34. The number of nitrogens with one attached hydrogen (secondary N) is 1. The van der Waals surface area contributed by atoms with E-state index in [9.17, 15) is 19.6 Å². The number of ether oxygens (including phenoxy) is 2. The predicted molar refractivity (Wildman–Crippen MR) is 92.4 cm³/mol. The number of benzene rings is 1. The maximum absolute atomic E-state index is 11.8. The van der Waals surface area contributed by atoms with Crippen LogP contribution in [0.3, 0.4) is 0 Å². The summed E-state index contributed by atoms with van der Waals surface area (Å²) < 4.78 is 10.1. The summed E-state index contributed by atoms with van der Waals surface area (Å²) in [4.78, 5) is 35.1. The number of nitrogens with zero attached hydrogens (tertiary/aromatic N) is 1. The van der Waals surface area contributed by atoms with Gasteiger partial charge in [-0.25, -0.2) is 4.79 Å². The highest BCUT2D eigenvalue weighted by molar-refractivity contribution is 5.95. The third kappa shape index (κ3) is 5.31. The van der Waals surface area contributed by atoms with E-state index in [1.807, 2.05) is 0 Å². The Morgan fingerprint density at radius 3 is 2.42 bits per heavy atom. The van der Waals surface area contributed by atoms with Crippen LogP contribution in [0.5, 0.6) is 5.75 Å². The molecule has 1 saturated carbocycles. The second kappa shape index (κ2) is 8.48. The standard InChI is InChI=1S/C19H22N2O5/c1-3-16(22)13-4-8-15(9-5-13)25-11-18(24)26-10-17(23)21-19(2,12-20)14-6-7-14/h4-5,8-9,14H,3,6-7,10-11H2,1-2H3,(H,21,23)/t19-/m1/s1. The van der Waals surface area contributed by atoms with Gasteiger partial charge in [-0.05, 0) is 49.9 Å². The number of carbonyl (C=O) groups is 3. The molecule has 1 N–H and O–H groups in total. The molecule has 0 saturated heterocycles. The van der Waals surface area contributed by atoms with Crippen molar-refractivity contribution in [2.45, 2.75) is 38.6 Å². The molecule has 0 aromatic heterocycles. The highest BCUT2D eigenvalue weighted by Gasteiger charge is 2.43. The fourth-order valence-corrected chi connectivity index (χ4v) is 2.48. The number of hydrogen-bond acceptors (Lipinski definition) is 6. The molecule has 1 amide bonds. The zero-order valence-corrected chi connectivity index (χ0v) is 14.9. The maximum atomic E-state index is 11.8. The number of ketones is 1. The molecule has 0 radical (unpaired) electrons. The second-order valence-electron chi connectivity index (χ2n) is 6.39. The number of rotatable bonds is 9. The third-order valence-electron chi connectivity index (χ3n) is 4.24. The van der Waals surface area contributed by atoms with Gasteiger partial charge in [0.05, 0.1) is 6.07 Å². The van der Waals surface area contributed by atoms with Crippen LogP contribution in [0.25, 0.3) is 0 Å². The van der Waals surface area contributed by atoms with Gasteiger partial charge in [-0.3, -0.25) is 9.59 Å². The Morgan fingerprint density at radius 1 is 1.23 bits per heavy atom.